The van der Waals surface area contributed by atoms with Gasteiger partial charge in [-0.3, -0.25) is 9.59 Å². The number of ether oxygens (including phenoxy) is 2. The van der Waals surface area contributed by atoms with E-state index in [9.17, 15) is 9.59 Å². The van der Waals surface area contributed by atoms with E-state index in [0.29, 0.717) is 25.4 Å². The predicted octanol–water partition coefficient (Wildman–Crippen LogP) is 0.935. The number of hydrogen-bond donors (Lipinski definition) is 2. The highest BCUT2D eigenvalue weighted by Crippen LogP contribution is 2.31. The van der Waals surface area contributed by atoms with Crippen LogP contribution in [0, 0.1) is 5.41 Å². The summed E-state index contributed by atoms with van der Waals surface area (Å²) in [4.78, 5) is 26.1. The molecule has 0 spiro atoms. The summed E-state index contributed by atoms with van der Waals surface area (Å²) in [7, 11) is 1.70. The largest absolute Gasteiger partial charge is 0.482 e. The van der Waals surface area contributed by atoms with Crippen LogP contribution in [0.25, 0.3) is 0 Å². The average molecular weight is 361 g/mol. The highest BCUT2D eigenvalue weighted by atomic mass is 16.5. The average Bonchev–Trinajstić information content (AvgIpc) is 2.67. The van der Waals surface area contributed by atoms with Gasteiger partial charge in [0.15, 0.2) is 6.61 Å². The number of rotatable bonds is 7. The molecular weight excluding hydrogens is 334 g/mol. The standard InChI is InChI=1S/C19H27N3O4/c1-25-14-19(7-9-20-10-8-19)13-21-17(23)6-11-22-15-4-2-3-5-16(15)26-12-18(22)24/h2-5,20H,6-14H2,1H3,(H,21,23). The van der Waals surface area contributed by atoms with Crippen LogP contribution in [0.1, 0.15) is 19.3 Å². The molecule has 0 unspecified atom stereocenters. The van der Waals surface area contributed by atoms with Gasteiger partial charge in [-0.1, -0.05) is 12.1 Å². The molecule has 2 N–H and O–H groups in total. The van der Waals surface area contributed by atoms with E-state index < -0.39 is 0 Å². The molecule has 0 aliphatic carbocycles. The smallest absolute Gasteiger partial charge is 0.265 e. The molecule has 7 heteroatoms. The first kappa shape index (κ1) is 18.7. The van der Waals surface area contributed by atoms with Crippen LogP contribution in [0.3, 0.4) is 0 Å². The van der Waals surface area contributed by atoms with Crippen molar-refractivity contribution in [3.63, 3.8) is 0 Å². The summed E-state index contributed by atoms with van der Waals surface area (Å²) in [6, 6.07) is 7.40. The van der Waals surface area contributed by atoms with E-state index in [4.69, 9.17) is 9.47 Å². The Morgan fingerprint density at radius 3 is 2.88 bits per heavy atom. The van der Waals surface area contributed by atoms with Crippen LogP contribution < -0.4 is 20.3 Å². The second-order valence-corrected chi connectivity index (χ2v) is 7.01. The summed E-state index contributed by atoms with van der Waals surface area (Å²) in [5.74, 6) is 0.516. The lowest BCUT2D eigenvalue weighted by Gasteiger charge is -2.37. The topological polar surface area (TPSA) is 79.9 Å². The van der Waals surface area contributed by atoms with Crippen LogP contribution in [-0.4, -0.2) is 58.3 Å². The second-order valence-electron chi connectivity index (χ2n) is 7.01. The fraction of sp³-hybridized carbons (Fsp3) is 0.579. The van der Waals surface area contributed by atoms with E-state index in [0.717, 1.165) is 31.6 Å². The first-order chi connectivity index (χ1) is 12.6. The Morgan fingerprint density at radius 2 is 2.12 bits per heavy atom. The van der Waals surface area contributed by atoms with E-state index in [-0.39, 0.29) is 30.3 Å². The molecule has 0 radical (unpaired) electrons. The van der Waals surface area contributed by atoms with Gasteiger partial charge in [-0.15, -0.1) is 0 Å². The minimum Gasteiger partial charge on any atom is -0.482 e. The predicted molar refractivity (Wildman–Crippen MR) is 98.3 cm³/mol. The van der Waals surface area contributed by atoms with Crippen LogP contribution in [0.4, 0.5) is 5.69 Å². The minimum atomic E-state index is -0.120. The van der Waals surface area contributed by atoms with Gasteiger partial charge in [0, 0.05) is 32.0 Å². The molecule has 2 heterocycles. The van der Waals surface area contributed by atoms with Crippen molar-refractivity contribution in [2.45, 2.75) is 19.3 Å². The lowest BCUT2D eigenvalue weighted by Crippen LogP contribution is -2.47. The number of piperidine rings is 1. The summed E-state index contributed by atoms with van der Waals surface area (Å²) in [6.07, 6.45) is 2.23. The van der Waals surface area contributed by atoms with E-state index in [2.05, 4.69) is 10.6 Å². The third-order valence-corrected chi connectivity index (χ3v) is 5.15. The van der Waals surface area contributed by atoms with Crippen molar-refractivity contribution >= 4 is 17.5 Å². The number of benzene rings is 1. The Labute approximate surface area is 154 Å². The molecule has 0 bridgehead atoms. The Morgan fingerprint density at radius 1 is 1.35 bits per heavy atom. The van der Waals surface area contributed by atoms with Gasteiger partial charge in [-0.05, 0) is 38.1 Å². The molecule has 142 valence electrons. The lowest BCUT2D eigenvalue weighted by molar-refractivity contribution is -0.122. The molecule has 0 saturated carbocycles. The van der Waals surface area contributed by atoms with E-state index in [1.54, 1.807) is 12.0 Å². The van der Waals surface area contributed by atoms with Crippen molar-refractivity contribution in [3.8, 4) is 5.75 Å². The number of carbonyl (C=O) groups excluding carboxylic acids is 2. The van der Waals surface area contributed by atoms with Gasteiger partial charge < -0.3 is 25.0 Å². The number of fused-ring (bicyclic) bond motifs is 1. The number of amides is 2. The van der Waals surface area contributed by atoms with Crippen LogP contribution >= 0.6 is 0 Å². The number of nitrogens with one attached hydrogen (secondary N) is 2. The normalized spacial score (nSPS) is 18.8. The summed E-state index contributed by atoms with van der Waals surface area (Å²) in [5, 5.41) is 6.38. The van der Waals surface area contributed by atoms with Gasteiger partial charge in [-0.2, -0.15) is 0 Å². The molecule has 1 saturated heterocycles. The molecule has 2 aliphatic heterocycles. The van der Waals surface area contributed by atoms with Gasteiger partial charge >= 0.3 is 0 Å². The molecule has 0 atom stereocenters. The summed E-state index contributed by atoms with van der Waals surface area (Å²) in [6.45, 7) is 3.50. The maximum atomic E-state index is 12.4. The summed E-state index contributed by atoms with van der Waals surface area (Å²) in [5.41, 5.74) is 0.725. The summed E-state index contributed by atoms with van der Waals surface area (Å²) >= 11 is 0. The Bertz CT molecular complexity index is 638. The molecule has 1 aromatic carbocycles. The van der Waals surface area contributed by atoms with Crippen molar-refractivity contribution in [1.29, 1.82) is 0 Å². The molecule has 1 fully saturated rings. The number of methoxy groups -OCH3 is 1. The third kappa shape index (κ3) is 4.34. The maximum Gasteiger partial charge on any atom is 0.265 e. The van der Waals surface area contributed by atoms with Gasteiger partial charge in [0.2, 0.25) is 5.91 Å². The number of carbonyl (C=O) groups is 2. The second kappa shape index (κ2) is 8.51. The number of hydrogen-bond acceptors (Lipinski definition) is 5. The SMILES string of the molecule is COCC1(CNC(=O)CCN2C(=O)COc3ccccc32)CCNCC1. The molecule has 26 heavy (non-hydrogen) atoms. The summed E-state index contributed by atoms with van der Waals surface area (Å²) < 4.78 is 10.8. The number of para-hydroxylation sites is 2. The zero-order valence-electron chi connectivity index (χ0n) is 15.3. The van der Waals surface area contributed by atoms with Crippen molar-refractivity contribution in [2.24, 2.45) is 5.41 Å². The Kier molecular flexibility index (Phi) is 6.11. The molecule has 2 amide bonds. The van der Waals surface area contributed by atoms with Crippen molar-refractivity contribution in [2.75, 3.05) is 51.4 Å². The van der Waals surface area contributed by atoms with Crippen LogP contribution in [0.15, 0.2) is 24.3 Å². The van der Waals surface area contributed by atoms with Crippen molar-refractivity contribution in [3.05, 3.63) is 24.3 Å². The quantitative estimate of drug-likeness (QED) is 0.755. The third-order valence-electron chi connectivity index (χ3n) is 5.15. The molecular formula is C19H27N3O4. The minimum absolute atomic E-state index is 0.00293. The van der Waals surface area contributed by atoms with Gasteiger partial charge in [0.05, 0.1) is 12.3 Å². The highest BCUT2D eigenvalue weighted by molar-refractivity contribution is 5.98. The van der Waals surface area contributed by atoms with Gasteiger partial charge in [-0.25, -0.2) is 0 Å². The Balaban J connectivity index is 1.53. The fourth-order valence-electron chi connectivity index (χ4n) is 3.62. The molecule has 2 aliphatic rings. The maximum absolute atomic E-state index is 12.4. The lowest BCUT2D eigenvalue weighted by atomic mass is 9.79. The highest BCUT2D eigenvalue weighted by Gasteiger charge is 2.32. The Hall–Kier alpha value is -2.12. The zero-order valence-corrected chi connectivity index (χ0v) is 15.3. The van der Waals surface area contributed by atoms with Crippen molar-refractivity contribution < 1.29 is 19.1 Å². The number of anilines is 1. The van der Waals surface area contributed by atoms with Crippen LogP contribution in [0.2, 0.25) is 0 Å². The van der Waals surface area contributed by atoms with Crippen LogP contribution in [0.5, 0.6) is 5.75 Å². The van der Waals surface area contributed by atoms with Crippen molar-refractivity contribution in [1.82, 2.24) is 10.6 Å². The first-order valence-electron chi connectivity index (χ1n) is 9.12. The monoisotopic (exact) mass is 361 g/mol. The van der Waals surface area contributed by atoms with Gasteiger partial charge in [0.25, 0.3) is 5.91 Å². The fourth-order valence-corrected chi connectivity index (χ4v) is 3.62. The zero-order chi connectivity index (χ0) is 18.4. The van der Waals surface area contributed by atoms with E-state index in [1.165, 1.54) is 0 Å². The van der Waals surface area contributed by atoms with E-state index >= 15 is 0 Å². The molecule has 0 aromatic heterocycles. The van der Waals surface area contributed by atoms with Crippen LogP contribution in [-0.2, 0) is 14.3 Å². The molecule has 3 rings (SSSR count). The first-order valence-corrected chi connectivity index (χ1v) is 9.12. The van der Waals surface area contributed by atoms with E-state index in [1.807, 2.05) is 24.3 Å². The molecule has 1 aromatic rings. The number of nitrogens with zero attached hydrogens (tertiary/aromatic N) is 1. The van der Waals surface area contributed by atoms with Gasteiger partial charge in [0.1, 0.15) is 5.75 Å². The molecule has 7 nitrogen and oxygen atoms in total.